The molecule has 2 N–H and O–H groups in total. The van der Waals surface area contributed by atoms with Crippen LogP contribution in [0.3, 0.4) is 0 Å². The second-order valence-corrected chi connectivity index (χ2v) is 5.54. The van der Waals surface area contributed by atoms with Crippen LogP contribution in [0.15, 0.2) is 29.3 Å². The van der Waals surface area contributed by atoms with E-state index in [1.165, 1.54) is 0 Å². The van der Waals surface area contributed by atoms with Crippen molar-refractivity contribution in [2.24, 2.45) is 10.4 Å². The van der Waals surface area contributed by atoms with Gasteiger partial charge in [-0.3, -0.25) is 5.32 Å². The highest BCUT2D eigenvalue weighted by Crippen LogP contribution is 2.22. The summed E-state index contributed by atoms with van der Waals surface area (Å²) in [7, 11) is 0. The fourth-order valence-electron chi connectivity index (χ4n) is 1.29. The monoisotopic (exact) mass is 269 g/mol. The van der Waals surface area contributed by atoms with Crippen LogP contribution in [0.2, 0.25) is 0 Å². The Labute approximate surface area is 120 Å². The number of rotatable bonds is 2. The molecule has 5 heteroatoms. The molecule has 1 aromatic rings. The van der Waals surface area contributed by atoms with Gasteiger partial charge in [0.2, 0.25) is 5.96 Å². The fourth-order valence-corrected chi connectivity index (χ4v) is 1.29. The summed E-state index contributed by atoms with van der Waals surface area (Å²) in [5, 5.41) is 14.4. The Hall–Kier alpha value is -2.53. The first-order valence-corrected chi connectivity index (χ1v) is 6.34. The molecule has 1 atom stereocenters. The molecule has 0 radical (unpaired) electrons. The first-order chi connectivity index (χ1) is 9.36. The summed E-state index contributed by atoms with van der Waals surface area (Å²) in [6.07, 6.45) is 1.88. The molecule has 0 spiro atoms. The summed E-state index contributed by atoms with van der Waals surface area (Å²) in [6.45, 7) is 15.2. The lowest BCUT2D eigenvalue weighted by Crippen LogP contribution is -2.31. The van der Waals surface area contributed by atoms with E-state index in [1.807, 2.05) is 13.1 Å². The van der Waals surface area contributed by atoms with E-state index >= 15 is 0 Å². The summed E-state index contributed by atoms with van der Waals surface area (Å²) >= 11 is 0. The molecule has 1 aromatic carbocycles. The van der Waals surface area contributed by atoms with Gasteiger partial charge in [0.05, 0.1) is 12.6 Å². The molecule has 0 amide bonds. The lowest BCUT2D eigenvalue weighted by atomic mass is 9.88. The third-order valence-corrected chi connectivity index (χ3v) is 3.01. The number of nitriles is 1. The molecule has 0 aromatic heterocycles. The molecule has 0 saturated heterocycles. The molecule has 0 saturated carbocycles. The van der Waals surface area contributed by atoms with Crippen molar-refractivity contribution in [3.05, 3.63) is 35.7 Å². The quantitative estimate of drug-likeness (QED) is 0.284. The van der Waals surface area contributed by atoms with Gasteiger partial charge in [0, 0.05) is 5.69 Å². The van der Waals surface area contributed by atoms with Gasteiger partial charge in [-0.2, -0.15) is 5.26 Å². The van der Waals surface area contributed by atoms with E-state index in [9.17, 15) is 0 Å². The zero-order valence-corrected chi connectivity index (χ0v) is 12.2. The van der Waals surface area contributed by atoms with Gasteiger partial charge in [0.25, 0.3) is 0 Å². The van der Waals surface area contributed by atoms with Crippen LogP contribution < -0.4 is 10.6 Å². The summed E-state index contributed by atoms with van der Waals surface area (Å²) in [4.78, 5) is 7.82. The van der Waals surface area contributed by atoms with E-state index in [1.54, 1.807) is 24.3 Å². The smallest absolute Gasteiger partial charge is 0.209 e. The number of nitrogens with zero attached hydrogens (tertiary/aromatic N) is 3. The van der Waals surface area contributed by atoms with Crippen molar-refractivity contribution in [1.29, 1.82) is 5.26 Å². The van der Waals surface area contributed by atoms with Crippen LogP contribution in [0.1, 0.15) is 27.7 Å². The predicted molar refractivity (Wildman–Crippen MR) is 81.4 cm³/mol. The predicted octanol–water partition coefficient (Wildman–Crippen LogP) is 3.51. The van der Waals surface area contributed by atoms with E-state index in [-0.39, 0.29) is 11.5 Å². The number of anilines is 1. The molecule has 0 unspecified atom stereocenters. The maximum Gasteiger partial charge on any atom is 0.209 e. The van der Waals surface area contributed by atoms with E-state index < -0.39 is 0 Å². The standard InChI is InChI=1S/C15H19N5/c1-11(15(2,3)4)19-14(18-10-16)20-13-8-6-12(17-5)7-9-13/h6-9,11H,1-4H3,(H2,18,19,20)/t11-/m1/s1. The molecule has 0 bridgehead atoms. The van der Waals surface area contributed by atoms with Crippen molar-refractivity contribution in [1.82, 2.24) is 5.32 Å². The summed E-state index contributed by atoms with van der Waals surface area (Å²) in [6, 6.07) is 7.04. The highest BCUT2D eigenvalue weighted by atomic mass is 15.2. The van der Waals surface area contributed by atoms with Crippen LogP contribution in [0.4, 0.5) is 11.4 Å². The average Bonchev–Trinajstić information content (AvgIpc) is 2.38. The van der Waals surface area contributed by atoms with Crippen molar-refractivity contribution in [2.75, 3.05) is 5.32 Å². The number of guanidine groups is 1. The summed E-state index contributed by atoms with van der Waals surface area (Å²) in [5.74, 6) is 0.408. The number of hydrogen-bond donors (Lipinski definition) is 2. The highest BCUT2D eigenvalue weighted by molar-refractivity contribution is 5.94. The Morgan fingerprint density at radius 2 is 1.95 bits per heavy atom. The lowest BCUT2D eigenvalue weighted by molar-refractivity contribution is 0.341. The summed E-state index contributed by atoms with van der Waals surface area (Å²) < 4.78 is 0. The maximum absolute atomic E-state index is 8.79. The van der Waals surface area contributed by atoms with Gasteiger partial charge in [-0.25, -0.2) is 9.84 Å². The van der Waals surface area contributed by atoms with Crippen molar-refractivity contribution in [2.45, 2.75) is 33.7 Å². The van der Waals surface area contributed by atoms with Crippen LogP contribution in [0.25, 0.3) is 4.85 Å². The maximum atomic E-state index is 8.79. The molecule has 0 heterocycles. The molecule has 0 aliphatic carbocycles. The lowest BCUT2D eigenvalue weighted by Gasteiger charge is -2.24. The Morgan fingerprint density at radius 1 is 1.35 bits per heavy atom. The third-order valence-electron chi connectivity index (χ3n) is 3.01. The van der Waals surface area contributed by atoms with Crippen LogP contribution in [0, 0.1) is 23.4 Å². The molecular formula is C15H19N5. The van der Waals surface area contributed by atoms with E-state index in [4.69, 9.17) is 11.8 Å². The molecule has 1 rings (SSSR count). The van der Waals surface area contributed by atoms with E-state index in [0.29, 0.717) is 11.6 Å². The van der Waals surface area contributed by atoms with Gasteiger partial charge >= 0.3 is 0 Å². The van der Waals surface area contributed by atoms with E-state index in [2.05, 4.69) is 41.2 Å². The minimum atomic E-state index is 0.0119. The van der Waals surface area contributed by atoms with E-state index in [0.717, 1.165) is 5.69 Å². The number of nitrogens with one attached hydrogen (secondary N) is 2. The minimum absolute atomic E-state index is 0.0119. The molecule has 0 aliphatic rings. The highest BCUT2D eigenvalue weighted by Gasteiger charge is 2.19. The van der Waals surface area contributed by atoms with Gasteiger partial charge < -0.3 is 5.32 Å². The number of aliphatic imine (C=N–C) groups is 1. The normalized spacial score (nSPS) is 13.0. The molecule has 0 aliphatic heterocycles. The molecule has 0 fully saturated rings. The van der Waals surface area contributed by atoms with Gasteiger partial charge in [-0.15, -0.1) is 0 Å². The zero-order chi connectivity index (χ0) is 15.2. The first kappa shape index (κ1) is 15.5. The van der Waals surface area contributed by atoms with Crippen molar-refractivity contribution in [3.8, 4) is 6.19 Å². The third kappa shape index (κ3) is 4.62. The molecule has 104 valence electrons. The number of hydrogen-bond acceptors (Lipinski definition) is 2. The zero-order valence-electron chi connectivity index (χ0n) is 12.2. The van der Waals surface area contributed by atoms with Crippen LogP contribution >= 0.6 is 0 Å². The Bertz CT molecular complexity index is 552. The van der Waals surface area contributed by atoms with Gasteiger partial charge in [-0.05, 0) is 24.5 Å². The van der Waals surface area contributed by atoms with Crippen LogP contribution in [0.5, 0.6) is 0 Å². The Kier molecular flexibility index (Phi) is 5.11. The average molecular weight is 269 g/mol. The second kappa shape index (κ2) is 6.58. The molecule has 20 heavy (non-hydrogen) atoms. The van der Waals surface area contributed by atoms with Crippen molar-refractivity contribution >= 4 is 17.3 Å². The van der Waals surface area contributed by atoms with Crippen LogP contribution in [-0.2, 0) is 0 Å². The second-order valence-electron chi connectivity index (χ2n) is 5.54. The topological polar surface area (TPSA) is 64.6 Å². The fraction of sp³-hybridized carbons (Fsp3) is 0.400. The first-order valence-electron chi connectivity index (χ1n) is 6.34. The molecular weight excluding hydrogens is 250 g/mol. The van der Waals surface area contributed by atoms with Gasteiger partial charge in [0.15, 0.2) is 11.9 Å². The van der Waals surface area contributed by atoms with Crippen molar-refractivity contribution in [3.63, 3.8) is 0 Å². The van der Waals surface area contributed by atoms with Gasteiger partial charge in [0.1, 0.15) is 0 Å². The largest absolute Gasteiger partial charge is 0.326 e. The molecule has 5 nitrogen and oxygen atoms in total. The van der Waals surface area contributed by atoms with Crippen LogP contribution in [-0.4, -0.2) is 12.0 Å². The summed E-state index contributed by atoms with van der Waals surface area (Å²) in [5.41, 5.74) is 1.36. The Balaban J connectivity index is 2.90. The van der Waals surface area contributed by atoms with Gasteiger partial charge in [-0.1, -0.05) is 32.9 Å². The SMILES string of the molecule is [C-]#[N+]c1ccc(NC(=N[C@H](C)C(C)(C)C)NC#N)cc1. The Morgan fingerprint density at radius 3 is 2.40 bits per heavy atom. The number of benzene rings is 1. The van der Waals surface area contributed by atoms with Crippen molar-refractivity contribution < 1.29 is 0 Å². The minimum Gasteiger partial charge on any atom is -0.326 e.